The Hall–Kier alpha value is -2.04. The molecule has 0 atom stereocenters. The minimum absolute atomic E-state index is 0.0846. The van der Waals surface area contributed by atoms with Crippen molar-refractivity contribution in [2.75, 3.05) is 11.9 Å². The molecule has 11 heteroatoms. The fourth-order valence-corrected chi connectivity index (χ4v) is 4.75. The van der Waals surface area contributed by atoms with Crippen molar-refractivity contribution < 1.29 is 13.2 Å². The molecule has 0 saturated heterocycles. The van der Waals surface area contributed by atoms with Crippen LogP contribution in [-0.4, -0.2) is 31.1 Å². The number of aryl methyl sites for hydroxylation is 1. The van der Waals surface area contributed by atoms with Gasteiger partial charge in [0.25, 0.3) is 15.9 Å². The van der Waals surface area contributed by atoms with Crippen LogP contribution in [0.1, 0.15) is 22.3 Å². The Kier molecular flexibility index (Phi) is 7.20. The first-order chi connectivity index (χ1) is 13.8. The second-order valence-electron chi connectivity index (χ2n) is 5.93. The quantitative estimate of drug-likeness (QED) is 0.382. The van der Waals surface area contributed by atoms with Crippen LogP contribution in [-0.2, 0) is 16.4 Å². The number of halogens is 2. The zero-order valence-electron chi connectivity index (χ0n) is 14.9. The summed E-state index contributed by atoms with van der Waals surface area (Å²) in [7, 11) is -3.82. The zero-order valence-corrected chi connectivity index (χ0v) is 18.1. The summed E-state index contributed by atoms with van der Waals surface area (Å²) >= 11 is 12.7. The van der Waals surface area contributed by atoms with Crippen LogP contribution in [0.2, 0.25) is 10.0 Å². The lowest BCUT2D eigenvalue weighted by atomic mass is 10.1. The fourth-order valence-electron chi connectivity index (χ4n) is 2.39. The number of sulfonamides is 1. The van der Waals surface area contributed by atoms with E-state index in [1.165, 1.54) is 0 Å². The Bertz CT molecular complexity index is 1100. The molecule has 29 heavy (non-hydrogen) atoms. The van der Waals surface area contributed by atoms with Gasteiger partial charge in [-0.05, 0) is 48.7 Å². The van der Waals surface area contributed by atoms with Gasteiger partial charge in [-0.25, -0.2) is 13.1 Å². The van der Waals surface area contributed by atoms with Crippen LogP contribution in [0.5, 0.6) is 0 Å². The van der Waals surface area contributed by atoms with E-state index >= 15 is 0 Å². The summed E-state index contributed by atoms with van der Waals surface area (Å²) < 4.78 is 27.0. The number of amides is 1. The first-order valence-electron chi connectivity index (χ1n) is 8.48. The molecule has 2 N–H and O–H groups in total. The van der Waals surface area contributed by atoms with E-state index in [2.05, 4.69) is 20.2 Å². The molecule has 0 aliphatic heterocycles. The highest BCUT2D eigenvalue weighted by Crippen LogP contribution is 2.21. The third-order valence-electron chi connectivity index (χ3n) is 3.84. The van der Waals surface area contributed by atoms with Gasteiger partial charge in [-0.15, -0.1) is 10.2 Å². The van der Waals surface area contributed by atoms with Crippen LogP contribution in [0.15, 0.2) is 52.9 Å². The molecule has 3 rings (SSSR count). The van der Waals surface area contributed by atoms with Gasteiger partial charge in [0, 0.05) is 22.2 Å². The standard InChI is InChI=1S/C18H16Cl2N4O3S2/c19-14-9-7-13(8-10-14)16(25)22-17-23-24-18(28-17)29(26,27)21-11-3-5-12-4-1-2-6-15(12)20/h1-2,4,6-10,21H,3,5,11H2,(H,22,23,25). The summed E-state index contributed by atoms with van der Waals surface area (Å²) in [4.78, 5) is 12.2. The summed E-state index contributed by atoms with van der Waals surface area (Å²) in [5, 5.41) is 11.2. The van der Waals surface area contributed by atoms with Gasteiger partial charge >= 0.3 is 0 Å². The normalized spacial score (nSPS) is 11.4. The molecule has 0 fully saturated rings. The fraction of sp³-hybridized carbons (Fsp3) is 0.167. The van der Waals surface area contributed by atoms with E-state index < -0.39 is 15.9 Å². The van der Waals surface area contributed by atoms with Crippen LogP contribution < -0.4 is 10.0 Å². The topological polar surface area (TPSA) is 101 Å². The second-order valence-corrected chi connectivity index (χ2v) is 9.69. The predicted molar refractivity (Wildman–Crippen MR) is 114 cm³/mol. The van der Waals surface area contributed by atoms with Crippen molar-refractivity contribution in [2.45, 2.75) is 17.2 Å². The molecular formula is C18H16Cl2N4O3S2. The molecule has 0 aliphatic carbocycles. The molecule has 0 saturated carbocycles. The maximum Gasteiger partial charge on any atom is 0.269 e. The van der Waals surface area contributed by atoms with E-state index in [9.17, 15) is 13.2 Å². The Morgan fingerprint density at radius 1 is 1.03 bits per heavy atom. The Labute approximate surface area is 182 Å². The molecule has 0 spiro atoms. The lowest BCUT2D eigenvalue weighted by Crippen LogP contribution is -2.25. The van der Waals surface area contributed by atoms with Gasteiger partial charge < -0.3 is 0 Å². The molecule has 0 aliphatic rings. The van der Waals surface area contributed by atoms with Crippen LogP contribution >= 0.6 is 34.5 Å². The van der Waals surface area contributed by atoms with Crippen LogP contribution in [0.3, 0.4) is 0 Å². The van der Waals surface area contributed by atoms with Gasteiger partial charge in [-0.1, -0.05) is 52.7 Å². The van der Waals surface area contributed by atoms with Crippen LogP contribution in [0.25, 0.3) is 0 Å². The van der Waals surface area contributed by atoms with Gasteiger partial charge in [0.1, 0.15) is 0 Å². The van der Waals surface area contributed by atoms with E-state index in [0.29, 0.717) is 28.5 Å². The van der Waals surface area contributed by atoms with Gasteiger partial charge in [0.05, 0.1) is 0 Å². The summed E-state index contributed by atoms with van der Waals surface area (Å²) in [5.74, 6) is -0.436. The highest BCUT2D eigenvalue weighted by Gasteiger charge is 2.20. The van der Waals surface area contributed by atoms with Crippen LogP contribution in [0, 0.1) is 0 Å². The van der Waals surface area contributed by atoms with Crippen molar-refractivity contribution in [3.8, 4) is 0 Å². The Morgan fingerprint density at radius 2 is 1.76 bits per heavy atom. The number of hydrogen-bond acceptors (Lipinski definition) is 6. The van der Waals surface area contributed by atoms with Gasteiger partial charge in [0.2, 0.25) is 9.47 Å². The molecule has 1 heterocycles. The third-order valence-corrected chi connectivity index (χ3v) is 7.12. The number of rotatable bonds is 8. The highest BCUT2D eigenvalue weighted by atomic mass is 35.5. The number of carbonyl (C=O) groups is 1. The van der Waals surface area contributed by atoms with Crippen molar-refractivity contribution in [1.82, 2.24) is 14.9 Å². The lowest BCUT2D eigenvalue weighted by molar-refractivity contribution is 0.102. The number of aromatic nitrogens is 2. The molecule has 2 aromatic carbocycles. The van der Waals surface area contributed by atoms with E-state index in [1.54, 1.807) is 30.3 Å². The van der Waals surface area contributed by atoms with E-state index in [1.807, 2.05) is 18.2 Å². The molecule has 3 aromatic rings. The maximum atomic E-state index is 12.4. The average molecular weight is 471 g/mol. The van der Waals surface area contributed by atoms with Crippen molar-refractivity contribution in [1.29, 1.82) is 0 Å². The molecule has 0 radical (unpaired) electrons. The average Bonchev–Trinajstić information content (AvgIpc) is 3.16. The minimum Gasteiger partial charge on any atom is -0.296 e. The summed E-state index contributed by atoms with van der Waals surface area (Å²) in [6.07, 6.45) is 1.21. The van der Waals surface area contributed by atoms with Crippen molar-refractivity contribution >= 4 is 55.6 Å². The van der Waals surface area contributed by atoms with Crippen molar-refractivity contribution in [3.05, 3.63) is 69.7 Å². The molecule has 0 bridgehead atoms. The number of carbonyl (C=O) groups excluding carboxylic acids is 1. The van der Waals surface area contributed by atoms with Gasteiger partial charge in [-0.2, -0.15) is 0 Å². The number of benzene rings is 2. The van der Waals surface area contributed by atoms with Gasteiger partial charge in [0.15, 0.2) is 0 Å². The molecule has 152 valence electrons. The Morgan fingerprint density at radius 3 is 2.48 bits per heavy atom. The predicted octanol–water partition coefficient (Wildman–Crippen LogP) is 4.01. The van der Waals surface area contributed by atoms with Crippen molar-refractivity contribution in [2.24, 2.45) is 0 Å². The first kappa shape index (κ1) is 21.7. The monoisotopic (exact) mass is 470 g/mol. The Balaban J connectivity index is 1.54. The van der Waals surface area contributed by atoms with Crippen molar-refractivity contribution in [3.63, 3.8) is 0 Å². The molecule has 0 unspecified atom stereocenters. The molecule has 7 nitrogen and oxygen atoms in total. The maximum absolute atomic E-state index is 12.4. The highest BCUT2D eigenvalue weighted by molar-refractivity contribution is 7.91. The SMILES string of the molecule is O=C(Nc1nnc(S(=O)(=O)NCCCc2ccccc2Cl)s1)c1ccc(Cl)cc1. The molecule has 1 aromatic heterocycles. The van der Waals surface area contributed by atoms with E-state index in [-0.39, 0.29) is 16.0 Å². The van der Waals surface area contributed by atoms with Crippen LogP contribution in [0.4, 0.5) is 5.13 Å². The second kappa shape index (κ2) is 9.64. The molecule has 1 amide bonds. The number of hydrogen-bond donors (Lipinski definition) is 2. The largest absolute Gasteiger partial charge is 0.296 e. The lowest BCUT2D eigenvalue weighted by Gasteiger charge is -2.05. The third kappa shape index (κ3) is 5.97. The van der Waals surface area contributed by atoms with Gasteiger partial charge in [-0.3, -0.25) is 10.1 Å². The number of nitrogens with one attached hydrogen (secondary N) is 2. The number of nitrogens with zero attached hydrogens (tertiary/aromatic N) is 2. The first-order valence-corrected chi connectivity index (χ1v) is 11.5. The minimum atomic E-state index is -3.82. The zero-order chi connectivity index (χ0) is 20.9. The molecular weight excluding hydrogens is 455 g/mol. The summed E-state index contributed by atoms with van der Waals surface area (Å²) in [6, 6.07) is 13.7. The smallest absolute Gasteiger partial charge is 0.269 e. The van der Waals surface area contributed by atoms with E-state index in [4.69, 9.17) is 23.2 Å². The number of anilines is 1. The summed E-state index contributed by atoms with van der Waals surface area (Å²) in [5.41, 5.74) is 1.32. The summed E-state index contributed by atoms with van der Waals surface area (Å²) in [6.45, 7) is 0.222. The van der Waals surface area contributed by atoms with E-state index in [0.717, 1.165) is 16.9 Å².